The molecule has 1 saturated heterocycles. The van der Waals surface area contributed by atoms with Crippen molar-refractivity contribution in [1.82, 2.24) is 9.21 Å². The third kappa shape index (κ3) is 6.52. The molecule has 1 heterocycles. The predicted octanol–water partition coefficient (Wildman–Crippen LogP) is 0.252. The number of hydrogen-bond acceptors (Lipinski definition) is 6. The van der Waals surface area contributed by atoms with Crippen LogP contribution in [0.25, 0.3) is 0 Å². The lowest BCUT2D eigenvalue weighted by molar-refractivity contribution is -0.137. The Morgan fingerprint density at radius 3 is 2.85 bits per heavy atom. The van der Waals surface area contributed by atoms with Crippen molar-refractivity contribution in [2.24, 2.45) is 0 Å². The van der Waals surface area contributed by atoms with Crippen LogP contribution in [0.4, 0.5) is 4.39 Å². The van der Waals surface area contributed by atoms with E-state index in [9.17, 15) is 17.6 Å². The molecule has 10 heteroatoms. The number of rotatable bonds is 9. The molecule has 2 rings (SSSR count). The molecule has 1 fully saturated rings. The van der Waals surface area contributed by atoms with Gasteiger partial charge in [0, 0.05) is 26.2 Å². The van der Waals surface area contributed by atoms with E-state index in [0.717, 1.165) is 10.6 Å². The average Bonchev–Trinajstić information content (AvgIpc) is 2.55. The Labute approximate surface area is 152 Å². The number of sulfonamides is 1. The second-order valence-corrected chi connectivity index (χ2v) is 8.00. The van der Waals surface area contributed by atoms with Crippen molar-refractivity contribution >= 4 is 16.0 Å². The van der Waals surface area contributed by atoms with Gasteiger partial charge in [-0.1, -0.05) is 12.1 Å². The Kier molecular flexibility index (Phi) is 7.33. The lowest BCUT2D eigenvalue weighted by Gasteiger charge is -2.34. The van der Waals surface area contributed by atoms with E-state index >= 15 is 0 Å². The lowest BCUT2D eigenvalue weighted by atomic mass is 10.2. The van der Waals surface area contributed by atoms with Gasteiger partial charge in [0.05, 0.1) is 19.0 Å². The van der Waals surface area contributed by atoms with Crippen molar-refractivity contribution in [3.8, 4) is 5.75 Å². The van der Waals surface area contributed by atoms with Gasteiger partial charge < -0.3 is 14.6 Å². The second kappa shape index (κ2) is 9.26. The summed E-state index contributed by atoms with van der Waals surface area (Å²) >= 11 is 0. The Morgan fingerprint density at radius 2 is 2.19 bits per heavy atom. The van der Waals surface area contributed by atoms with Crippen LogP contribution in [0.2, 0.25) is 0 Å². The molecule has 0 aliphatic carbocycles. The molecule has 1 aromatic carbocycles. The van der Waals surface area contributed by atoms with E-state index in [1.807, 2.05) is 4.90 Å². The minimum Gasteiger partial charge on any atom is -0.489 e. The number of carboxylic acids is 1. The first kappa shape index (κ1) is 20.6. The predicted molar refractivity (Wildman–Crippen MR) is 92.1 cm³/mol. The molecular weight excluding hydrogens is 367 g/mol. The van der Waals surface area contributed by atoms with Gasteiger partial charge >= 0.3 is 5.97 Å². The van der Waals surface area contributed by atoms with E-state index in [1.54, 1.807) is 18.2 Å². The first-order valence-electron chi connectivity index (χ1n) is 8.14. The molecule has 1 N–H and O–H groups in total. The van der Waals surface area contributed by atoms with Gasteiger partial charge in [-0.25, -0.2) is 12.8 Å². The van der Waals surface area contributed by atoms with E-state index in [4.69, 9.17) is 14.6 Å². The molecule has 0 aromatic heterocycles. The Morgan fingerprint density at radius 1 is 1.46 bits per heavy atom. The van der Waals surface area contributed by atoms with Crippen LogP contribution in [0.1, 0.15) is 0 Å². The van der Waals surface area contributed by atoms with Crippen LogP contribution >= 0.6 is 0 Å². The summed E-state index contributed by atoms with van der Waals surface area (Å²) in [7, 11) is -3.65. The van der Waals surface area contributed by atoms with Gasteiger partial charge in [0.1, 0.15) is 13.2 Å². The molecular formula is C16H23FN2O6S. The number of ether oxygens (including phenoxy) is 2. The number of halogens is 1. The van der Waals surface area contributed by atoms with Gasteiger partial charge in [-0.05, 0) is 12.1 Å². The maximum absolute atomic E-state index is 13.5. The highest BCUT2D eigenvalue weighted by Gasteiger charge is 2.28. The lowest BCUT2D eigenvalue weighted by Crippen LogP contribution is -2.50. The zero-order valence-corrected chi connectivity index (χ0v) is 15.3. The van der Waals surface area contributed by atoms with Gasteiger partial charge in [-0.3, -0.25) is 9.69 Å². The maximum atomic E-state index is 13.5. The van der Waals surface area contributed by atoms with Crippen LogP contribution < -0.4 is 4.74 Å². The highest BCUT2D eigenvalue weighted by Crippen LogP contribution is 2.15. The third-order valence-corrected chi connectivity index (χ3v) is 5.13. The van der Waals surface area contributed by atoms with Crippen molar-refractivity contribution in [2.75, 3.05) is 52.2 Å². The number of benzene rings is 1. The average molecular weight is 390 g/mol. The molecule has 1 unspecified atom stereocenters. The van der Waals surface area contributed by atoms with Gasteiger partial charge in [0.15, 0.2) is 11.6 Å². The summed E-state index contributed by atoms with van der Waals surface area (Å²) in [5.41, 5.74) is 0. The van der Waals surface area contributed by atoms with Gasteiger partial charge in [0.2, 0.25) is 10.0 Å². The standard InChI is InChI=1S/C16H23FN2O6S/c1-26(22,23)19(12-16(20)21)11-13-10-18(6-8-24-13)7-9-25-15-5-3-2-4-14(15)17/h2-5,13H,6-12H2,1H3,(H,20,21). The molecule has 1 aromatic rings. The minimum absolute atomic E-state index is 0.0319. The zero-order valence-electron chi connectivity index (χ0n) is 14.5. The number of carboxylic acid groups (broad SMARTS) is 1. The largest absolute Gasteiger partial charge is 0.489 e. The molecule has 0 radical (unpaired) electrons. The topological polar surface area (TPSA) is 96.4 Å². The molecule has 0 bridgehead atoms. The van der Waals surface area contributed by atoms with Crippen molar-refractivity contribution in [2.45, 2.75) is 6.10 Å². The fourth-order valence-corrected chi connectivity index (χ4v) is 3.42. The van der Waals surface area contributed by atoms with E-state index in [-0.39, 0.29) is 18.9 Å². The van der Waals surface area contributed by atoms with Crippen LogP contribution in [0.5, 0.6) is 5.75 Å². The fourth-order valence-electron chi connectivity index (χ4n) is 2.64. The van der Waals surface area contributed by atoms with E-state index in [1.165, 1.54) is 6.07 Å². The van der Waals surface area contributed by atoms with Crippen molar-refractivity contribution in [3.05, 3.63) is 30.1 Å². The monoisotopic (exact) mass is 390 g/mol. The fraction of sp³-hybridized carbons (Fsp3) is 0.562. The SMILES string of the molecule is CS(=O)(=O)N(CC(=O)O)CC1CN(CCOc2ccccc2F)CCO1. The van der Waals surface area contributed by atoms with E-state index < -0.39 is 34.5 Å². The quantitative estimate of drug-likeness (QED) is 0.646. The number of morpholine rings is 1. The minimum atomic E-state index is -3.65. The number of carbonyl (C=O) groups is 1. The maximum Gasteiger partial charge on any atom is 0.318 e. The Bertz CT molecular complexity index is 714. The van der Waals surface area contributed by atoms with Crippen LogP contribution in [0.15, 0.2) is 24.3 Å². The molecule has 26 heavy (non-hydrogen) atoms. The van der Waals surface area contributed by atoms with Crippen LogP contribution in [0, 0.1) is 5.82 Å². The summed E-state index contributed by atoms with van der Waals surface area (Å²) in [5.74, 6) is -1.46. The van der Waals surface area contributed by atoms with Crippen LogP contribution in [0.3, 0.4) is 0 Å². The molecule has 1 atom stereocenters. The molecule has 1 aliphatic heterocycles. The molecule has 1 aliphatic rings. The third-order valence-electron chi connectivity index (χ3n) is 3.91. The normalized spacial score (nSPS) is 18.8. The Hall–Kier alpha value is -1.75. The number of hydrogen-bond donors (Lipinski definition) is 1. The summed E-state index contributed by atoms with van der Waals surface area (Å²) in [4.78, 5) is 12.9. The van der Waals surface area contributed by atoms with Crippen LogP contribution in [-0.2, 0) is 19.6 Å². The second-order valence-electron chi connectivity index (χ2n) is 6.02. The Balaban J connectivity index is 1.84. The molecule has 8 nitrogen and oxygen atoms in total. The summed E-state index contributed by atoms with van der Waals surface area (Å²) in [6.07, 6.45) is 0.532. The van der Waals surface area contributed by atoms with Gasteiger partial charge in [-0.2, -0.15) is 4.31 Å². The first-order valence-corrected chi connectivity index (χ1v) is 9.98. The summed E-state index contributed by atoms with van der Waals surface area (Å²) < 4.78 is 48.8. The summed E-state index contributed by atoms with van der Waals surface area (Å²) in [6.45, 7) is 1.63. The van der Waals surface area contributed by atoms with Crippen molar-refractivity contribution < 1.29 is 32.2 Å². The number of aliphatic carboxylic acids is 1. The van der Waals surface area contributed by atoms with Crippen molar-refractivity contribution in [3.63, 3.8) is 0 Å². The molecule has 0 spiro atoms. The van der Waals surface area contributed by atoms with Gasteiger partial charge in [0.25, 0.3) is 0 Å². The smallest absolute Gasteiger partial charge is 0.318 e. The zero-order chi connectivity index (χ0) is 19.2. The van der Waals surface area contributed by atoms with Crippen molar-refractivity contribution in [1.29, 1.82) is 0 Å². The highest BCUT2D eigenvalue weighted by molar-refractivity contribution is 7.88. The molecule has 0 amide bonds. The molecule has 146 valence electrons. The highest BCUT2D eigenvalue weighted by atomic mass is 32.2. The number of para-hydroxylation sites is 1. The van der Waals surface area contributed by atoms with Crippen LogP contribution in [-0.4, -0.2) is 87.0 Å². The number of nitrogens with zero attached hydrogens (tertiary/aromatic N) is 2. The van der Waals surface area contributed by atoms with Gasteiger partial charge in [-0.15, -0.1) is 0 Å². The first-order chi connectivity index (χ1) is 12.3. The summed E-state index contributed by atoms with van der Waals surface area (Å²) in [5, 5.41) is 8.87. The molecule has 0 saturated carbocycles. The van der Waals surface area contributed by atoms with E-state index in [0.29, 0.717) is 26.2 Å². The van der Waals surface area contributed by atoms with E-state index in [2.05, 4.69) is 0 Å². The summed E-state index contributed by atoms with van der Waals surface area (Å²) in [6, 6.07) is 6.14.